The maximum atomic E-state index is 13.7. The smallest absolute Gasteiger partial charge is 0.315 e. The second-order valence-electron chi connectivity index (χ2n) is 8.44. The third-order valence-electron chi connectivity index (χ3n) is 5.67. The van der Waals surface area contributed by atoms with Gasteiger partial charge in [-0.25, -0.2) is 4.79 Å². The quantitative estimate of drug-likeness (QED) is 0.769. The fraction of sp³-hybridized carbons (Fsp3) is 0.619. The Labute approximate surface area is 171 Å². The van der Waals surface area contributed by atoms with Crippen molar-refractivity contribution in [3.63, 3.8) is 0 Å². The first-order valence-corrected chi connectivity index (χ1v) is 10.1. The highest BCUT2D eigenvalue weighted by Crippen LogP contribution is 2.34. The van der Waals surface area contributed by atoms with Crippen LogP contribution in [0.3, 0.4) is 0 Å². The van der Waals surface area contributed by atoms with Crippen molar-refractivity contribution in [2.45, 2.75) is 57.6 Å². The van der Waals surface area contributed by atoms with Gasteiger partial charge in [0.05, 0.1) is 18.2 Å². The molecule has 3 amide bonds. The first-order chi connectivity index (χ1) is 13.7. The highest BCUT2D eigenvalue weighted by atomic mass is 16.6. The number of aliphatic hydroxyl groups is 1. The Morgan fingerprint density at radius 1 is 1.28 bits per heavy atom. The molecule has 4 atom stereocenters. The van der Waals surface area contributed by atoms with Crippen LogP contribution in [0.15, 0.2) is 30.3 Å². The topological polar surface area (TPSA) is 105 Å². The lowest BCUT2D eigenvalue weighted by atomic mass is 9.84. The number of amides is 3. The van der Waals surface area contributed by atoms with Crippen LogP contribution in [0.1, 0.15) is 32.8 Å². The highest BCUT2D eigenvalue weighted by Gasteiger charge is 2.52. The van der Waals surface area contributed by atoms with E-state index >= 15 is 0 Å². The minimum absolute atomic E-state index is 0.0433. The average molecular weight is 405 g/mol. The monoisotopic (exact) mass is 405 g/mol. The van der Waals surface area contributed by atoms with Gasteiger partial charge in [-0.1, -0.05) is 44.2 Å². The van der Waals surface area contributed by atoms with Crippen molar-refractivity contribution >= 4 is 11.9 Å². The summed E-state index contributed by atoms with van der Waals surface area (Å²) < 4.78 is 11.4. The molecule has 160 valence electrons. The van der Waals surface area contributed by atoms with Gasteiger partial charge in [0.1, 0.15) is 12.8 Å². The lowest BCUT2D eigenvalue weighted by Crippen LogP contribution is -2.67. The van der Waals surface area contributed by atoms with Crippen LogP contribution in [0, 0.1) is 5.92 Å². The Balaban J connectivity index is 1.89. The van der Waals surface area contributed by atoms with E-state index < -0.39 is 30.0 Å². The predicted molar refractivity (Wildman–Crippen MR) is 107 cm³/mol. The molecule has 2 fully saturated rings. The van der Waals surface area contributed by atoms with Crippen LogP contribution in [0.4, 0.5) is 4.79 Å². The van der Waals surface area contributed by atoms with Crippen molar-refractivity contribution in [3.05, 3.63) is 35.9 Å². The predicted octanol–water partition coefficient (Wildman–Crippen LogP) is 1.32. The zero-order valence-corrected chi connectivity index (χ0v) is 17.3. The van der Waals surface area contributed by atoms with Gasteiger partial charge in [-0.15, -0.1) is 0 Å². The summed E-state index contributed by atoms with van der Waals surface area (Å²) in [6.45, 7) is 6.46. The Morgan fingerprint density at radius 3 is 2.59 bits per heavy atom. The maximum absolute atomic E-state index is 13.7. The molecular weight excluding hydrogens is 374 g/mol. The fourth-order valence-corrected chi connectivity index (χ4v) is 4.50. The van der Waals surface area contributed by atoms with E-state index in [1.54, 1.807) is 0 Å². The van der Waals surface area contributed by atoms with Crippen molar-refractivity contribution in [1.29, 1.82) is 0 Å². The van der Waals surface area contributed by atoms with Gasteiger partial charge in [0, 0.05) is 6.54 Å². The van der Waals surface area contributed by atoms with E-state index in [-0.39, 0.29) is 25.1 Å². The number of benzene rings is 1. The van der Waals surface area contributed by atoms with Gasteiger partial charge in [-0.2, -0.15) is 0 Å². The average Bonchev–Trinajstić information content (AvgIpc) is 3.01. The van der Waals surface area contributed by atoms with Gasteiger partial charge < -0.3 is 30.1 Å². The first-order valence-electron chi connectivity index (χ1n) is 10.1. The van der Waals surface area contributed by atoms with Crippen LogP contribution < -0.4 is 5.73 Å². The second kappa shape index (κ2) is 8.69. The summed E-state index contributed by atoms with van der Waals surface area (Å²) in [7, 11) is 0. The van der Waals surface area contributed by atoms with E-state index in [0.717, 1.165) is 5.56 Å². The number of urea groups is 1. The second-order valence-corrected chi connectivity index (χ2v) is 8.44. The number of hydrogen-bond donors (Lipinski definition) is 2. The number of hydrogen-bond acceptors (Lipinski definition) is 5. The van der Waals surface area contributed by atoms with E-state index in [2.05, 4.69) is 0 Å². The third kappa shape index (κ3) is 4.55. The Morgan fingerprint density at radius 2 is 1.97 bits per heavy atom. The van der Waals surface area contributed by atoms with Crippen molar-refractivity contribution in [2.75, 3.05) is 19.9 Å². The molecule has 3 N–H and O–H groups in total. The number of aliphatic hydroxyl groups excluding tert-OH is 1. The Kier molecular flexibility index (Phi) is 6.45. The van der Waals surface area contributed by atoms with Crippen LogP contribution >= 0.6 is 0 Å². The number of nitrogens with zero attached hydrogens (tertiary/aromatic N) is 2. The molecule has 4 unspecified atom stereocenters. The molecule has 0 aliphatic carbocycles. The molecule has 29 heavy (non-hydrogen) atoms. The molecule has 0 saturated carbocycles. The van der Waals surface area contributed by atoms with Crippen molar-refractivity contribution < 1.29 is 24.2 Å². The van der Waals surface area contributed by atoms with E-state index in [1.165, 1.54) is 9.80 Å². The van der Waals surface area contributed by atoms with Crippen LogP contribution in [-0.2, 0) is 20.7 Å². The first kappa shape index (κ1) is 21.5. The normalized spacial score (nSPS) is 30.0. The molecule has 8 nitrogen and oxygen atoms in total. The molecule has 1 aromatic carbocycles. The molecule has 2 aliphatic rings. The SMILES string of the molecule is CC(C)CC1(C)OCCN(C(N)=O)C1C(=O)N1COC(O)C1Cc1ccccc1. The number of nitrogens with two attached hydrogens (primary N) is 1. The van der Waals surface area contributed by atoms with Gasteiger partial charge >= 0.3 is 6.03 Å². The lowest BCUT2D eigenvalue weighted by molar-refractivity contribution is -0.168. The molecule has 2 saturated heterocycles. The van der Waals surface area contributed by atoms with Gasteiger partial charge in [-0.05, 0) is 31.2 Å². The zero-order chi connectivity index (χ0) is 21.2. The number of rotatable bonds is 5. The van der Waals surface area contributed by atoms with E-state index in [9.17, 15) is 14.7 Å². The molecule has 2 heterocycles. The molecule has 0 aromatic heterocycles. The maximum Gasteiger partial charge on any atom is 0.315 e. The largest absolute Gasteiger partial charge is 0.371 e. The summed E-state index contributed by atoms with van der Waals surface area (Å²) >= 11 is 0. The van der Waals surface area contributed by atoms with Gasteiger partial charge in [0.2, 0.25) is 0 Å². The number of carbonyl (C=O) groups is 2. The Bertz CT molecular complexity index is 728. The lowest BCUT2D eigenvalue weighted by Gasteiger charge is -2.48. The minimum atomic E-state index is -1.10. The summed E-state index contributed by atoms with van der Waals surface area (Å²) in [5.41, 5.74) is 5.72. The summed E-state index contributed by atoms with van der Waals surface area (Å²) in [6, 6.07) is 7.54. The summed E-state index contributed by atoms with van der Waals surface area (Å²) in [5, 5.41) is 10.4. The van der Waals surface area contributed by atoms with E-state index in [1.807, 2.05) is 51.1 Å². The van der Waals surface area contributed by atoms with E-state index in [4.69, 9.17) is 15.2 Å². The van der Waals surface area contributed by atoms with Gasteiger partial charge in [-0.3, -0.25) is 4.79 Å². The molecule has 0 radical (unpaired) electrons. The molecule has 1 aromatic rings. The standard InChI is InChI=1S/C21H31N3O5/c1-14(2)12-21(3)17(23(20(22)27)9-10-29-21)18(25)24-13-28-19(26)16(24)11-15-7-5-4-6-8-15/h4-8,14,16-17,19,26H,9-13H2,1-3H3,(H2,22,27). The molecule has 2 aliphatic heterocycles. The summed E-state index contributed by atoms with van der Waals surface area (Å²) in [5.74, 6) is -0.0622. The van der Waals surface area contributed by atoms with Crippen LogP contribution in [0.25, 0.3) is 0 Å². The third-order valence-corrected chi connectivity index (χ3v) is 5.67. The highest BCUT2D eigenvalue weighted by molar-refractivity contribution is 5.88. The Hall–Kier alpha value is -2.16. The zero-order valence-electron chi connectivity index (χ0n) is 17.3. The van der Waals surface area contributed by atoms with Crippen LogP contribution in [-0.4, -0.2) is 70.7 Å². The number of primary amides is 1. The van der Waals surface area contributed by atoms with Gasteiger partial charge in [0.25, 0.3) is 5.91 Å². The number of ether oxygens (including phenoxy) is 2. The van der Waals surface area contributed by atoms with Crippen LogP contribution in [0.5, 0.6) is 0 Å². The molecular formula is C21H31N3O5. The number of morpholine rings is 1. The molecule has 3 rings (SSSR count). The van der Waals surface area contributed by atoms with Crippen LogP contribution in [0.2, 0.25) is 0 Å². The van der Waals surface area contributed by atoms with Crippen molar-refractivity contribution in [2.24, 2.45) is 11.7 Å². The molecule has 8 heteroatoms. The van der Waals surface area contributed by atoms with Crippen molar-refractivity contribution in [1.82, 2.24) is 9.80 Å². The summed E-state index contributed by atoms with van der Waals surface area (Å²) in [4.78, 5) is 28.7. The van der Waals surface area contributed by atoms with E-state index in [0.29, 0.717) is 19.4 Å². The number of carbonyl (C=O) groups excluding carboxylic acids is 2. The van der Waals surface area contributed by atoms with Gasteiger partial charge in [0.15, 0.2) is 6.29 Å². The molecule has 0 bridgehead atoms. The minimum Gasteiger partial charge on any atom is -0.371 e. The fourth-order valence-electron chi connectivity index (χ4n) is 4.50. The molecule has 0 spiro atoms. The summed E-state index contributed by atoms with van der Waals surface area (Å²) in [6.07, 6.45) is -0.0610. The van der Waals surface area contributed by atoms with Crippen molar-refractivity contribution in [3.8, 4) is 0 Å².